The molecule has 4 rings (SSSR count). The Hall–Kier alpha value is -2.67. The number of piperazine rings is 2. The number of carbonyl (C=O) groups excluding carboxylic acids is 1. The quantitative estimate of drug-likeness (QED) is 0.752. The third-order valence-corrected chi connectivity index (χ3v) is 6.04. The zero-order valence-electron chi connectivity index (χ0n) is 18.1. The van der Waals surface area contributed by atoms with E-state index in [2.05, 4.69) is 44.9 Å². The number of hydrogen-bond donors (Lipinski definition) is 0. The van der Waals surface area contributed by atoms with Gasteiger partial charge in [0.1, 0.15) is 5.82 Å². The highest BCUT2D eigenvalue weighted by molar-refractivity contribution is 5.76. The van der Waals surface area contributed by atoms with Crippen LogP contribution in [-0.2, 0) is 11.2 Å². The summed E-state index contributed by atoms with van der Waals surface area (Å²) in [5, 5.41) is 0. The minimum absolute atomic E-state index is 0.238. The van der Waals surface area contributed by atoms with E-state index in [0.29, 0.717) is 6.42 Å². The van der Waals surface area contributed by atoms with Crippen LogP contribution in [0.3, 0.4) is 0 Å². The Bertz CT molecular complexity index is 842. The largest absolute Gasteiger partial charge is 0.354 e. The summed E-state index contributed by atoms with van der Waals surface area (Å²) in [5.41, 5.74) is 2.21. The Morgan fingerprint density at radius 1 is 0.900 bits per heavy atom. The van der Waals surface area contributed by atoms with E-state index in [0.717, 1.165) is 76.2 Å². The number of rotatable bonds is 5. The van der Waals surface area contributed by atoms with E-state index in [1.807, 2.05) is 30.0 Å². The van der Waals surface area contributed by atoms with Gasteiger partial charge in [0, 0.05) is 70.5 Å². The number of benzene rings is 1. The number of aromatic nitrogens is 2. The average Bonchev–Trinajstić information content (AvgIpc) is 2.78. The third-order valence-electron chi connectivity index (χ3n) is 6.04. The minimum atomic E-state index is 0.238. The molecule has 0 atom stereocenters. The third kappa shape index (κ3) is 5.08. The van der Waals surface area contributed by atoms with E-state index in [1.54, 1.807) is 0 Å². The molecule has 0 bridgehead atoms. The summed E-state index contributed by atoms with van der Waals surface area (Å²) in [6.45, 7) is 9.17. The number of anilines is 2. The molecule has 2 aliphatic heterocycles. The first kappa shape index (κ1) is 20.6. The highest BCUT2D eigenvalue weighted by Crippen LogP contribution is 2.20. The summed E-state index contributed by atoms with van der Waals surface area (Å²) in [6.07, 6.45) is 1.37. The van der Waals surface area contributed by atoms with Gasteiger partial charge in [-0.2, -0.15) is 4.98 Å². The first-order valence-electron chi connectivity index (χ1n) is 10.9. The van der Waals surface area contributed by atoms with Crippen LogP contribution < -0.4 is 9.80 Å². The van der Waals surface area contributed by atoms with Gasteiger partial charge in [0.25, 0.3) is 0 Å². The van der Waals surface area contributed by atoms with Gasteiger partial charge in [-0.15, -0.1) is 0 Å². The smallest absolute Gasteiger partial charge is 0.227 e. The van der Waals surface area contributed by atoms with E-state index >= 15 is 0 Å². The molecule has 1 aromatic carbocycles. The molecule has 2 aromatic rings. The SMILES string of the molecule is Cc1cc(N2CCN(C)CC2)nc(N2CCN(C(=O)CCc3ccccc3)CC2)n1. The van der Waals surface area contributed by atoms with E-state index in [4.69, 9.17) is 4.98 Å². The molecule has 7 heteroatoms. The van der Waals surface area contributed by atoms with Crippen molar-refractivity contribution in [1.29, 1.82) is 0 Å². The fraction of sp³-hybridized carbons (Fsp3) is 0.522. The van der Waals surface area contributed by atoms with Crippen LogP contribution in [0.2, 0.25) is 0 Å². The predicted molar refractivity (Wildman–Crippen MR) is 120 cm³/mol. The second-order valence-electron chi connectivity index (χ2n) is 8.31. The lowest BCUT2D eigenvalue weighted by Gasteiger charge is -2.36. The van der Waals surface area contributed by atoms with Gasteiger partial charge in [-0.25, -0.2) is 4.98 Å². The standard InChI is InChI=1S/C23H32N6O/c1-19-18-21(27-12-10-26(2)11-13-27)25-23(24-19)29-16-14-28(15-17-29)22(30)9-8-20-6-4-3-5-7-20/h3-7,18H,8-17H2,1-2H3. The summed E-state index contributed by atoms with van der Waals surface area (Å²) >= 11 is 0. The Morgan fingerprint density at radius 3 is 2.27 bits per heavy atom. The molecular weight excluding hydrogens is 376 g/mol. The number of hydrogen-bond acceptors (Lipinski definition) is 6. The van der Waals surface area contributed by atoms with Gasteiger partial charge in [-0.3, -0.25) is 4.79 Å². The van der Waals surface area contributed by atoms with Gasteiger partial charge in [0.15, 0.2) is 0 Å². The molecule has 2 fully saturated rings. The van der Waals surface area contributed by atoms with Crippen molar-refractivity contribution in [3.05, 3.63) is 47.7 Å². The molecule has 1 aromatic heterocycles. The maximum absolute atomic E-state index is 12.6. The van der Waals surface area contributed by atoms with Crippen LogP contribution >= 0.6 is 0 Å². The van der Waals surface area contributed by atoms with Gasteiger partial charge in [-0.1, -0.05) is 30.3 Å². The monoisotopic (exact) mass is 408 g/mol. The summed E-state index contributed by atoms with van der Waals surface area (Å²) in [6, 6.07) is 12.3. The molecule has 2 saturated heterocycles. The molecule has 0 N–H and O–H groups in total. The van der Waals surface area contributed by atoms with Crippen molar-refractivity contribution in [2.24, 2.45) is 0 Å². The number of likely N-dealkylation sites (N-methyl/N-ethyl adjacent to an activating group) is 1. The summed E-state index contributed by atoms with van der Waals surface area (Å²) in [5.74, 6) is 2.05. The number of amides is 1. The van der Waals surface area contributed by atoms with Crippen LogP contribution in [0.25, 0.3) is 0 Å². The van der Waals surface area contributed by atoms with Crippen LogP contribution in [-0.4, -0.2) is 85.1 Å². The van der Waals surface area contributed by atoms with E-state index < -0.39 is 0 Å². The molecule has 7 nitrogen and oxygen atoms in total. The van der Waals surface area contributed by atoms with E-state index in [9.17, 15) is 4.79 Å². The fourth-order valence-corrected chi connectivity index (χ4v) is 4.09. The van der Waals surface area contributed by atoms with Gasteiger partial charge in [0.05, 0.1) is 0 Å². The normalized spacial score (nSPS) is 18.0. The summed E-state index contributed by atoms with van der Waals surface area (Å²) in [4.78, 5) is 31.1. The fourth-order valence-electron chi connectivity index (χ4n) is 4.09. The Labute approximate surface area is 179 Å². The maximum atomic E-state index is 12.6. The molecule has 160 valence electrons. The van der Waals surface area contributed by atoms with Crippen LogP contribution in [0.15, 0.2) is 36.4 Å². The molecule has 3 heterocycles. The Balaban J connectivity index is 1.33. The molecule has 0 saturated carbocycles. The van der Waals surface area contributed by atoms with Gasteiger partial charge < -0.3 is 19.6 Å². The van der Waals surface area contributed by atoms with Crippen LogP contribution in [0.4, 0.5) is 11.8 Å². The minimum Gasteiger partial charge on any atom is -0.354 e. The highest BCUT2D eigenvalue weighted by Gasteiger charge is 2.24. The lowest BCUT2D eigenvalue weighted by molar-refractivity contribution is -0.131. The van der Waals surface area contributed by atoms with Crippen molar-refractivity contribution in [1.82, 2.24) is 19.8 Å². The molecule has 0 aliphatic carbocycles. The van der Waals surface area contributed by atoms with Crippen molar-refractivity contribution in [2.45, 2.75) is 19.8 Å². The second kappa shape index (κ2) is 9.43. The number of nitrogens with zero attached hydrogens (tertiary/aromatic N) is 6. The van der Waals surface area contributed by atoms with Gasteiger partial charge >= 0.3 is 0 Å². The van der Waals surface area contributed by atoms with Crippen molar-refractivity contribution in [3.8, 4) is 0 Å². The van der Waals surface area contributed by atoms with Crippen molar-refractivity contribution < 1.29 is 4.79 Å². The van der Waals surface area contributed by atoms with Gasteiger partial charge in [-0.05, 0) is 26.0 Å². The molecule has 2 aliphatic rings. The molecule has 0 radical (unpaired) electrons. The van der Waals surface area contributed by atoms with Crippen LogP contribution in [0, 0.1) is 6.92 Å². The van der Waals surface area contributed by atoms with Crippen LogP contribution in [0.1, 0.15) is 17.7 Å². The molecule has 0 unspecified atom stereocenters. The summed E-state index contributed by atoms with van der Waals surface area (Å²) < 4.78 is 0. The highest BCUT2D eigenvalue weighted by atomic mass is 16.2. The number of aryl methyl sites for hydroxylation is 2. The van der Waals surface area contributed by atoms with E-state index in [1.165, 1.54) is 5.56 Å². The Morgan fingerprint density at radius 2 is 1.57 bits per heavy atom. The molecule has 30 heavy (non-hydrogen) atoms. The zero-order valence-corrected chi connectivity index (χ0v) is 18.1. The first-order valence-corrected chi connectivity index (χ1v) is 10.9. The lowest BCUT2D eigenvalue weighted by Crippen LogP contribution is -2.49. The predicted octanol–water partition coefficient (Wildman–Crippen LogP) is 1.82. The van der Waals surface area contributed by atoms with Gasteiger partial charge in [0.2, 0.25) is 11.9 Å². The summed E-state index contributed by atoms with van der Waals surface area (Å²) in [7, 11) is 2.16. The molecule has 1 amide bonds. The Kier molecular flexibility index (Phi) is 6.47. The van der Waals surface area contributed by atoms with Crippen molar-refractivity contribution >= 4 is 17.7 Å². The molecule has 0 spiro atoms. The topological polar surface area (TPSA) is 55.8 Å². The number of carbonyl (C=O) groups is 1. The maximum Gasteiger partial charge on any atom is 0.227 e. The molecular formula is C23H32N6O. The zero-order chi connectivity index (χ0) is 20.9. The average molecular weight is 409 g/mol. The second-order valence-corrected chi connectivity index (χ2v) is 8.31. The van der Waals surface area contributed by atoms with Crippen LogP contribution in [0.5, 0.6) is 0 Å². The van der Waals surface area contributed by atoms with Crippen molar-refractivity contribution in [3.63, 3.8) is 0 Å². The van der Waals surface area contributed by atoms with E-state index in [-0.39, 0.29) is 5.91 Å². The van der Waals surface area contributed by atoms with Crippen molar-refractivity contribution in [2.75, 3.05) is 69.2 Å². The lowest BCUT2D eigenvalue weighted by atomic mass is 10.1. The first-order chi connectivity index (χ1) is 14.6.